The summed E-state index contributed by atoms with van der Waals surface area (Å²) in [5, 5.41) is 5.35. The van der Waals surface area contributed by atoms with Crippen molar-refractivity contribution in [2.45, 2.75) is 94.2 Å². The largest absolute Gasteiger partial charge is 0.372 e. The molecule has 2 aliphatic carbocycles. The van der Waals surface area contributed by atoms with Crippen molar-refractivity contribution in [2.24, 2.45) is 11.3 Å². The summed E-state index contributed by atoms with van der Waals surface area (Å²) in [6, 6.07) is 5.76. The number of benzene rings is 1. The first kappa shape index (κ1) is 32.2. The average molecular weight is 627 g/mol. The monoisotopic (exact) mass is 626 g/mol. The van der Waals surface area contributed by atoms with Crippen LogP contribution in [-0.4, -0.2) is 84.5 Å². The molecule has 4 aliphatic rings. The SMILES string of the molecule is C=C[C@@H]1C[C@]1(NC(=O)[C@@H]1C[C@@H]2CN1C(=O)[C@H](C(C)(C)C)NC(=O)N(C)CCC/C=C/c1cccc(c1)CO2)S(=O)(=O)C1CC1. The molecule has 3 fully saturated rings. The Balaban J connectivity index is 1.45. The van der Waals surface area contributed by atoms with Gasteiger partial charge in [0.05, 0.1) is 18.0 Å². The van der Waals surface area contributed by atoms with Crippen LogP contribution in [-0.2, 0) is 30.8 Å². The summed E-state index contributed by atoms with van der Waals surface area (Å²) in [6.07, 6.45) is 8.48. The minimum Gasteiger partial charge on any atom is -0.372 e. The summed E-state index contributed by atoms with van der Waals surface area (Å²) in [6.45, 7) is 10.4. The van der Waals surface area contributed by atoms with E-state index < -0.39 is 55.4 Å². The molecule has 2 saturated carbocycles. The fourth-order valence-corrected chi connectivity index (χ4v) is 8.80. The molecule has 1 aromatic carbocycles. The number of sulfone groups is 1. The highest BCUT2D eigenvalue weighted by Crippen LogP contribution is 2.53. The van der Waals surface area contributed by atoms with E-state index in [1.54, 1.807) is 18.0 Å². The second-order valence-electron chi connectivity index (χ2n) is 13.8. The minimum absolute atomic E-state index is 0.141. The first-order valence-corrected chi connectivity index (χ1v) is 17.2. The zero-order valence-electron chi connectivity index (χ0n) is 26.3. The third-order valence-corrected chi connectivity index (χ3v) is 12.2. The topological polar surface area (TPSA) is 125 Å². The maximum Gasteiger partial charge on any atom is 0.317 e. The summed E-state index contributed by atoms with van der Waals surface area (Å²) in [5.74, 6) is -1.30. The van der Waals surface area contributed by atoms with Gasteiger partial charge >= 0.3 is 6.03 Å². The van der Waals surface area contributed by atoms with E-state index in [4.69, 9.17) is 4.74 Å². The van der Waals surface area contributed by atoms with Crippen molar-refractivity contribution in [3.8, 4) is 0 Å². The van der Waals surface area contributed by atoms with E-state index >= 15 is 0 Å². The highest BCUT2D eigenvalue weighted by Gasteiger charge is 2.67. The summed E-state index contributed by atoms with van der Waals surface area (Å²) in [5.41, 5.74) is 1.34. The third kappa shape index (κ3) is 6.59. The van der Waals surface area contributed by atoms with E-state index in [9.17, 15) is 22.8 Å². The van der Waals surface area contributed by atoms with Crippen LogP contribution in [0.5, 0.6) is 0 Å². The Morgan fingerprint density at radius 1 is 1.23 bits per heavy atom. The lowest BCUT2D eigenvalue weighted by Gasteiger charge is -2.36. The average Bonchev–Trinajstić information content (AvgIpc) is 3.90. The second-order valence-corrected chi connectivity index (χ2v) is 16.3. The van der Waals surface area contributed by atoms with Gasteiger partial charge in [-0.3, -0.25) is 9.59 Å². The summed E-state index contributed by atoms with van der Waals surface area (Å²) < 4.78 is 33.2. The van der Waals surface area contributed by atoms with Crippen LogP contribution in [0.15, 0.2) is 43.0 Å². The molecular formula is C33H46N4O6S. The molecule has 4 bridgehead atoms. The van der Waals surface area contributed by atoms with Crippen molar-refractivity contribution in [2.75, 3.05) is 20.1 Å². The Labute approximate surface area is 261 Å². The number of urea groups is 1. The van der Waals surface area contributed by atoms with E-state index in [1.807, 2.05) is 45.0 Å². The van der Waals surface area contributed by atoms with Crippen LogP contribution in [0.4, 0.5) is 4.79 Å². The van der Waals surface area contributed by atoms with Gasteiger partial charge in [0.25, 0.3) is 0 Å². The predicted octanol–water partition coefficient (Wildman–Crippen LogP) is 3.63. The summed E-state index contributed by atoms with van der Waals surface area (Å²) >= 11 is 0. The van der Waals surface area contributed by atoms with Gasteiger partial charge in [-0.25, -0.2) is 13.2 Å². The molecule has 1 aromatic rings. The molecule has 0 spiro atoms. The predicted molar refractivity (Wildman–Crippen MR) is 169 cm³/mol. The van der Waals surface area contributed by atoms with Gasteiger partial charge in [-0.2, -0.15) is 0 Å². The van der Waals surface area contributed by atoms with Crippen LogP contribution in [0.2, 0.25) is 0 Å². The molecule has 5 rings (SSSR count). The molecule has 11 heteroatoms. The number of allylic oxidation sites excluding steroid dienone is 1. The number of ether oxygens (including phenoxy) is 1. The maximum atomic E-state index is 14.3. The van der Waals surface area contributed by atoms with Crippen LogP contribution < -0.4 is 10.6 Å². The Morgan fingerprint density at radius 2 is 1.98 bits per heavy atom. The number of nitrogens with zero attached hydrogens (tertiary/aromatic N) is 2. The minimum atomic E-state index is -3.62. The zero-order valence-corrected chi connectivity index (χ0v) is 27.1. The van der Waals surface area contributed by atoms with Gasteiger partial charge in [-0.15, -0.1) is 6.58 Å². The van der Waals surface area contributed by atoms with Crippen LogP contribution in [0.25, 0.3) is 6.08 Å². The number of nitrogens with one attached hydrogen (secondary N) is 2. The standard InChI is InChI=1S/C33H46N4O6S/c1-6-24-19-33(24,44(41,42)26-14-15-26)35-29(38)27-18-25-20-37(27)30(39)28(32(2,3)4)34-31(40)36(5)16-9-7-8-11-22-12-10-13-23(17-22)21-43-25/h6,8,10-13,17,24-28H,1,7,9,14-16,18-21H2,2-5H3,(H,34,40)(H,35,38)/b11-8+/t24-,25-,27+,28-,33+/m1/s1. The number of hydrogen-bond acceptors (Lipinski definition) is 6. The molecular weight excluding hydrogens is 580 g/mol. The number of fused-ring (bicyclic) bond motifs is 4. The lowest BCUT2D eigenvalue weighted by molar-refractivity contribution is -0.142. The molecule has 2 heterocycles. The van der Waals surface area contributed by atoms with Crippen molar-refractivity contribution >= 4 is 33.8 Å². The van der Waals surface area contributed by atoms with Gasteiger partial charge in [-0.1, -0.05) is 57.2 Å². The van der Waals surface area contributed by atoms with Gasteiger partial charge < -0.3 is 25.2 Å². The van der Waals surface area contributed by atoms with Crippen molar-refractivity contribution in [3.63, 3.8) is 0 Å². The Kier molecular flexibility index (Phi) is 9.01. The van der Waals surface area contributed by atoms with Crippen LogP contribution in [0.1, 0.15) is 70.4 Å². The second kappa shape index (κ2) is 12.3. The normalized spacial score (nSPS) is 31.0. The highest BCUT2D eigenvalue weighted by atomic mass is 32.2. The van der Waals surface area contributed by atoms with Crippen molar-refractivity contribution in [1.82, 2.24) is 20.4 Å². The van der Waals surface area contributed by atoms with Crippen LogP contribution >= 0.6 is 0 Å². The fraction of sp³-hybridized carbons (Fsp3) is 0.606. The van der Waals surface area contributed by atoms with Crippen molar-refractivity contribution in [1.29, 1.82) is 0 Å². The van der Waals surface area contributed by atoms with Crippen LogP contribution in [0.3, 0.4) is 0 Å². The molecule has 4 amide bonds. The Morgan fingerprint density at radius 3 is 2.64 bits per heavy atom. The summed E-state index contributed by atoms with van der Waals surface area (Å²) in [7, 11) is -1.91. The molecule has 0 aromatic heterocycles. The molecule has 5 atom stereocenters. The molecule has 1 saturated heterocycles. The van der Waals surface area contributed by atoms with E-state index in [-0.39, 0.29) is 31.3 Å². The molecule has 0 unspecified atom stereocenters. The Bertz CT molecular complexity index is 1430. The van der Waals surface area contributed by atoms with Crippen molar-refractivity contribution < 1.29 is 27.5 Å². The van der Waals surface area contributed by atoms with Gasteiger partial charge in [0.15, 0.2) is 9.84 Å². The van der Waals surface area contributed by atoms with E-state index in [0.717, 1.165) is 24.0 Å². The smallest absolute Gasteiger partial charge is 0.317 e. The molecule has 44 heavy (non-hydrogen) atoms. The lowest BCUT2D eigenvalue weighted by Crippen LogP contribution is -2.60. The van der Waals surface area contributed by atoms with Gasteiger partial charge in [0.1, 0.15) is 17.0 Å². The third-order valence-electron chi connectivity index (χ3n) is 9.24. The van der Waals surface area contributed by atoms with Crippen LogP contribution in [0, 0.1) is 11.3 Å². The van der Waals surface area contributed by atoms with E-state index in [2.05, 4.69) is 29.4 Å². The number of rotatable bonds is 5. The Hall–Kier alpha value is -3.18. The van der Waals surface area contributed by atoms with E-state index in [1.165, 1.54) is 4.90 Å². The van der Waals surface area contributed by atoms with E-state index in [0.29, 0.717) is 26.0 Å². The summed E-state index contributed by atoms with van der Waals surface area (Å²) in [4.78, 5) is 43.2. The maximum absolute atomic E-state index is 14.3. The van der Waals surface area contributed by atoms with Crippen molar-refractivity contribution in [3.05, 3.63) is 54.1 Å². The highest BCUT2D eigenvalue weighted by molar-refractivity contribution is 7.94. The van der Waals surface area contributed by atoms with Gasteiger partial charge in [0, 0.05) is 32.5 Å². The zero-order chi connectivity index (χ0) is 31.9. The lowest BCUT2D eigenvalue weighted by atomic mass is 9.85. The number of carbonyl (C=O) groups is 3. The molecule has 240 valence electrons. The molecule has 0 radical (unpaired) electrons. The molecule has 2 aliphatic heterocycles. The number of hydrogen-bond donors (Lipinski definition) is 2. The first-order valence-electron chi connectivity index (χ1n) is 15.6. The quantitative estimate of drug-likeness (QED) is 0.481. The number of carbonyl (C=O) groups excluding carboxylic acids is 3. The van der Waals surface area contributed by atoms with Gasteiger partial charge in [0.2, 0.25) is 11.8 Å². The van der Waals surface area contributed by atoms with Gasteiger partial charge in [-0.05, 0) is 54.7 Å². The molecule has 10 nitrogen and oxygen atoms in total. The number of amides is 4. The fourth-order valence-electron chi connectivity index (χ4n) is 6.28. The first-order chi connectivity index (χ1) is 20.8. The molecule has 2 N–H and O–H groups in total.